The zero-order valence-electron chi connectivity index (χ0n) is 7.84. The summed E-state index contributed by atoms with van der Waals surface area (Å²) in [4.78, 5) is 0. The Hall–Kier alpha value is -0.570. The molecular formula is C10H14ClNO. The molecule has 0 radical (unpaired) electrons. The molecule has 0 saturated heterocycles. The number of hydrogen-bond donors (Lipinski definition) is 2. The molecule has 2 N–H and O–H groups in total. The molecule has 1 atom stereocenters. The van der Waals surface area contributed by atoms with Crippen LogP contribution in [0.25, 0.3) is 0 Å². The van der Waals surface area contributed by atoms with Crippen molar-refractivity contribution in [3.63, 3.8) is 0 Å². The number of aryl methyl sites for hydroxylation is 1. The molecule has 0 fully saturated rings. The SMILES string of the molecule is CN[C@H](CO)c1c(C)cccc1Cl. The van der Waals surface area contributed by atoms with Gasteiger partial charge in [0, 0.05) is 5.02 Å². The quantitative estimate of drug-likeness (QED) is 0.780. The van der Waals surface area contributed by atoms with Crippen LogP contribution in [0.3, 0.4) is 0 Å². The minimum Gasteiger partial charge on any atom is -0.394 e. The van der Waals surface area contributed by atoms with Crippen molar-refractivity contribution in [2.75, 3.05) is 13.7 Å². The van der Waals surface area contributed by atoms with Gasteiger partial charge in [-0.15, -0.1) is 0 Å². The lowest BCUT2D eigenvalue weighted by Crippen LogP contribution is -2.21. The van der Waals surface area contributed by atoms with Crippen LogP contribution in [0.1, 0.15) is 17.2 Å². The summed E-state index contributed by atoms with van der Waals surface area (Å²) in [5.41, 5.74) is 2.08. The second kappa shape index (κ2) is 4.61. The molecule has 0 bridgehead atoms. The van der Waals surface area contributed by atoms with E-state index in [0.29, 0.717) is 5.02 Å². The Balaban J connectivity index is 3.10. The van der Waals surface area contributed by atoms with E-state index in [1.165, 1.54) is 0 Å². The fraction of sp³-hybridized carbons (Fsp3) is 0.400. The molecule has 0 unspecified atom stereocenters. The van der Waals surface area contributed by atoms with Crippen molar-refractivity contribution >= 4 is 11.6 Å². The van der Waals surface area contributed by atoms with E-state index >= 15 is 0 Å². The number of likely N-dealkylation sites (N-methyl/N-ethyl adjacent to an activating group) is 1. The van der Waals surface area contributed by atoms with Crippen molar-refractivity contribution < 1.29 is 5.11 Å². The lowest BCUT2D eigenvalue weighted by Gasteiger charge is -2.17. The minimum atomic E-state index is -0.0753. The van der Waals surface area contributed by atoms with Gasteiger partial charge in [0.05, 0.1) is 12.6 Å². The average molecular weight is 200 g/mol. The van der Waals surface area contributed by atoms with Crippen LogP contribution in [0.15, 0.2) is 18.2 Å². The molecule has 0 amide bonds. The van der Waals surface area contributed by atoms with Gasteiger partial charge < -0.3 is 10.4 Å². The molecule has 0 spiro atoms. The minimum absolute atomic E-state index is 0.0566. The van der Waals surface area contributed by atoms with Crippen LogP contribution in [0, 0.1) is 6.92 Å². The van der Waals surface area contributed by atoms with Crippen LogP contribution < -0.4 is 5.32 Å². The number of aliphatic hydroxyl groups is 1. The number of aliphatic hydroxyl groups excluding tert-OH is 1. The summed E-state index contributed by atoms with van der Waals surface area (Å²) in [5.74, 6) is 0. The average Bonchev–Trinajstić information content (AvgIpc) is 2.11. The summed E-state index contributed by atoms with van der Waals surface area (Å²) in [6.07, 6.45) is 0. The maximum absolute atomic E-state index is 9.11. The second-order valence-corrected chi connectivity index (χ2v) is 3.40. The van der Waals surface area contributed by atoms with E-state index in [9.17, 15) is 0 Å². The zero-order chi connectivity index (χ0) is 9.84. The van der Waals surface area contributed by atoms with Crippen LogP contribution in [0.4, 0.5) is 0 Å². The van der Waals surface area contributed by atoms with Gasteiger partial charge in [-0.25, -0.2) is 0 Å². The molecule has 0 aliphatic rings. The Morgan fingerprint density at radius 3 is 2.69 bits per heavy atom. The molecule has 0 saturated carbocycles. The highest BCUT2D eigenvalue weighted by Crippen LogP contribution is 2.25. The lowest BCUT2D eigenvalue weighted by atomic mass is 10.0. The van der Waals surface area contributed by atoms with Gasteiger partial charge in [-0.05, 0) is 31.2 Å². The first kappa shape index (κ1) is 10.5. The largest absolute Gasteiger partial charge is 0.394 e. The van der Waals surface area contributed by atoms with E-state index in [0.717, 1.165) is 11.1 Å². The summed E-state index contributed by atoms with van der Waals surface area (Å²) in [6, 6.07) is 5.66. The van der Waals surface area contributed by atoms with Crippen LogP contribution in [0.5, 0.6) is 0 Å². The van der Waals surface area contributed by atoms with Gasteiger partial charge in [0.25, 0.3) is 0 Å². The van der Waals surface area contributed by atoms with Crippen LogP contribution in [0.2, 0.25) is 5.02 Å². The third-order valence-electron chi connectivity index (χ3n) is 2.15. The Kier molecular flexibility index (Phi) is 3.72. The van der Waals surface area contributed by atoms with Crippen LogP contribution in [-0.2, 0) is 0 Å². The van der Waals surface area contributed by atoms with Gasteiger partial charge in [0.15, 0.2) is 0 Å². The number of nitrogens with one attached hydrogen (secondary N) is 1. The van der Waals surface area contributed by atoms with Gasteiger partial charge in [0.1, 0.15) is 0 Å². The molecule has 1 aromatic carbocycles. The molecule has 3 heteroatoms. The predicted octanol–water partition coefficient (Wildman–Crippen LogP) is 1.90. The highest BCUT2D eigenvalue weighted by molar-refractivity contribution is 6.31. The second-order valence-electron chi connectivity index (χ2n) is 2.99. The molecular weight excluding hydrogens is 186 g/mol. The molecule has 1 rings (SSSR count). The predicted molar refractivity (Wildman–Crippen MR) is 55.1 cm³/mol. The summed E-state index contributed by atoms with van der Waals surface area (Å²) in [7, 11) is 1.81. The fourth-order valence-electron chi connectivity index (χ4n) is 1.41. The third kappa shape index (κ3) is 2.21. The highest BCUT2D eigenvalue weighted by Gasteiger charge is 2.13. The molecule has 1 aromatic rings. The Morgan fingerprint density at radius 1 is 1.54 bits per heavy atom. The maximum atomic E-state index is 9.11. The normalized spacial score (nSPS) is 12.9. The van der Waals surface area contributed by atoms with E-state index in [1.54, 1.807) is 0 Å². The first-order valence-electron chi connectivity index (χ1n) is 4.23. The molecule has 2 nitrogen and oxygen atoms in total. The summed E-state index contributed by atoms with van der Waals surface area (Å²) in [6.45, 7) is 2.04. The topological polar surface area (TPSA) is 32.3 Å². The number of rotatable bonds is 3. The summed E-state index contributed by atoms with van der Waals surface area (Å²) in [5, 5.41) is 12.8. The number of halogens is 1. The lowest BCUT2D eigenvalue weighted by molar-refractivity contribution is 0.250. The Morgan fingerprint density at radius 2 is 2.23 bits per heavy atom. The maximum Gasteiger partial charge on any atom is 0.0627 e. The first-order chi connectivity index (χ1) is 6.20. The van der Waals surface area contributed by atoms with E-state index in [4.69, 9.17) is 16.7 Å². The van der Waals surface area contributed by atoms with Crippen molar-refractivity contribution in [1.29, 1.82) is 0 Å². The number of benzene rings is 1. The van der Waals surface area contributed by atoms with Crippen molar-refractivity contribution in [3.05, 3.63) is 34.3 Å². The Bertz CT molecular complexity index is 264. The van der Waals surface area contributed by atoms with Crippen molar-refractivity contribution in [2.24, 2.45) is 0 Å². The Labute approximate surface area is 83.5 Å². The molecule has 0 aliphatic heterocycles. The summed E-state index contributed by atoms with van der Waals surface area (Å²) < 4.78 is 0. The van der Waals surface area contributed by atoms with Crippen molar-refractivity contribution in [1.82, 2.24) is 5.32 Å². The standard InChI is InChI=1S/C10H14ClNO/c1-7-4-3-5-8(11)10(7)9(6-13)12-2/h3-5,9,12-13H,6H2,1-2H3/t9-/m1/s1. The van der Waals surface area contributed by atoms with Gasteiger partial charge in [-0.1, -0.05) is 23.7 Å². The van der Waals surface area contributed by atoms with Crippen molar-refractivity contribution in [3.8, 4) is 0 Å². The molecule has 72 valence electrons. The van der Waals surface area contributed by atoms with Gasteiger partial charge in [0.2, 0.25) is 0 Å². The highest BCUT2D eigenvalue weighted by atomic mass is 35.5. The third-order valence-corrected chi connectivity index (χ3v) is 2.48. The van der Waals surface area contributed by atoms with Crippen LogP contribution in [-0.4, -0.2) is 18.8 Å². The fourth-order valence-corrected chi connectivity index (χ4v) is 1.77. The molecule has 13 heavy (non-hydrogen) atoms. The van der Waals surface area contributed by atoms with E-state index < -0.39 is 0 Å². The van der Waals surface area contributed by atoms with Crippen LogP contribution >= 0.6 is 11.6 Å². The van der Waals surface area contributed by atoms with Gasteiger partial charge in [-0.3, -0.25) is 0 Å². The smallest absolute Gasteiger partial charge is 0.0627 e. The summed E-state index contributed by atoms with van der Waals surface area (Å²) >= 11 is 6.03. The molecule has 0 aromatic heterocycles. The monoisotopic (exact) mass is 199 g/mol. The van der Waals surface area contributed by atoms with E-state index in [1.807, 2.05) is 32.2 Å². The number of hydrogen-bond acceptors (Lipinski definition) is 2. The first-order valence-corrected chi connectivity index (χ1v) is 4.61. The van der Waals surface area contributed by atoms with Crippen molar-refractivity contribution in [2.45, 2.75) is 13.0 Å². The zero-order valence-corrected chi connectivity index (χ0v) is 8.60. The molecule has 0 heterocycles. The van der Waals surface area contributed by atoms with E-state index in [2.05, 4.69) is 5.32 Å². The van der Waals surface area contributed by atoms with Gasteiger partial charge >= 0.3 is 0 Å². The molecule has 0 aliphatic carbocycles. The van der Waals surface area contributed by atoms with Gasteiger partial charge in [-0.2, -0.15) is 0 Å². The van der Waals surface area contributed by atoms with E-state index in [-0.39, 0.29) is 12.6 Å².